The number of ether oxygens (including phenoxy) is 1. The Balaban J connectivity index is 1.73. The van der Waals surface area contributed by atoms with Crippen molar-refractivity contribution in [3.05, 3.63) is 97.1 Å². The summed E-state index contributed by atoms with van der Waals surface area (Å²) in [4.78, 5) is 0. The van der Waals surface area contributed by atoms with Crippen LogP contribution in [0.25, 0.3) is 21.5 Å². The second kappa shape index (κ2) is 8.04. The largest absolute Gasteiger partial charge is 0.507 e. The Hall–Kier alpha value is -4.38. The van der Waals surface area contributed by atoms with Crippen LogP contribution < -0.4 is 20.9 Å². The van der Waals surface area contributed by atoms with Crippen LogP contribution in [-0.4, -0.2) is 12.2 Å². The summed E-state index contributed by atoms with van der Waals surface area (Å²) in [7, 11) is 1.64. The van der Waals surface area contributed by atoms with E-state index in [1.54, 1.807) is 13.2 Å². The van der Waals surface area contributed by atoms with Crippen LogP contribution >= 0.6 is 0 Å². The van der Waals surface area contributed by atoms with Gasteiger partial charge in [0.15, 0.2) is 0 Å². The zero-order valence-electron chi connectivity index (χ0n) is 17.6. The highest BCUT2D eigenvalue weighted by Crippen LogP contribution is 2.39. The number of nitrogen functional groups attached to an aromatic ring is 1. The molecule has 0 saturated heterocycles. The summed E-state index contributed by atoms with van der Waals surface area (Å²) in [6.45, 7) is 0. The van der Waals surface area contributed by atoms with Gasteiger partial charge in [-0.05, 0) is 53.2 Å². The van der Waals surface area contributed by atoms with Gasteiger partial charge >= 0.3 is 0 Å². The van der Waals surface area contributed by atoms with Crippen molar-refractivity contribution < 1.29 is 9.84 Å². The van der Waals surface area contributed by atoms with Crippen molar-refractivity contribution in [3.8, 4) is 11.5 Å². The number of anilines is 4. The number of phenols is 1. The third kappa shape index (κ3) is 3.40. The smallest absolute Gasteiger partial charge is 0.125 e. The Morgan fingerprint density at radius 3 is 2.28 bits per heavy atom. The lowest BCUT2D eigenvalue weighted by Gasteiger charge is -2.29. The van der Waals surface area contributed by atoms with E-state index in [4.69, 9.17) is 10.5 Å². The molecule has 0 heterocycles. The number of rotatable bonds is 5. The van der Waals surface area contributed by atoms with E-state index in [0.29, 0.717) is 5.69 Å². The predicted octanol–water partition coefficient (Wildman–Crippen LogP) is 6.45. The maximum atomic E-state index is 10.7. The van der Waals surface area contributed by atoms with E-state index in [2.05, 4.69) is 11.5 Å². The predicted molar refractivity (Wildman–Crippen MR) is 133 cm³/mol. The van der Waals surface area contributed by atoms with Crippen molar-refractivity contribution in [2.75, 3.05) is 23.3 Å². The number of hydrazine groups is 1. The van der Waals surface area contributed by atoms with Crippen LogP contribution in [0.5, 0.6) is 11.5 Å². The van der Waals surface area contributed by atoms with Crippen molar-refractivity contribution in [3.63, 3.8) is 0 Å². The molecule has 0 saturated carbocycles. The molecule has 5 aromatic carbocycles. The molecule has 0 aliphatic rings. The average Bonchev–Trinajstić information content (AvgIpc) is 2.84. The molecular formula is C27H23N3O2. The fourth-order valence-corrected chi connectivity index (χ4v) is 4.01. The first kappa shape index (κ1) is 19.6. The minimum Gasteiger partial charge on any atom is -0.507 e. The highest BCUT2D eigenvalue weighted by atomic mass is 16.5. The SMILES string of the molecule is COc1ccc(N(Nc2c(N)ccc3ccccc23)c2cccc3cccc(O)c23)cc1. The lowest BCUT2D eigenvalue weighted by Crippen LogP contribution is -2.25. The molecule has 5 aromatic rings. The highest BCUT2D eigenvalue weighted by molar-refractivity contribution is 6.04. The van der Waals surface area contributed by atoms with E-state index in [-0.39, 0.29) is 5.75 Å². The van der Waals surface area contributed by atoms with E-state index in [0.717, 1.165) is 44.4 Å². The first-order valence-corrected chi connectivity index (χ1v) is 10.3. The molecule has 0 fully saturated rings. The van der Waals surface area contributed by atoms with E-state index in [1.807, 2.05) is 89.9 Å². The second-order valence-electron chi connectivity index (χ2n) is 7.55. The zero-order chi connectivity index (χ0) is 22.1. The molecular weight excluding hydrogens is 398 g/mol. The lowest BCUT2D eigenvalue weighted by atomic mass is 10.1. The number of hydrogen-bond acceptors (Lipinski definition) is 5. The average molecular weight is 422 g/mol. The van der Waals surface area contributed by atoms with Crippen LogP contribution in [0.2, 0.25) is 0 Å². The van der Waals surface area contributed by atoms with Crippen molar-refractivity contribution in [1.29, 1.82) is 0 Å². The van der Waals surface area contributed by atoms with Gasteiger partial charge in [0.1, 0.15) is 11.5 Å². The molecule has 4 N–H and O–H groups in total. The standard InChI is InChI=1S/C27H23N3O2/c1-32-21-15-13-20(14-16-21)30(24-10-4-7-19-8-5-11-25(31)26(19)24)29-27-22-9-3-2-6-18(22)12-17-23(27)28/h2-17,29,31H,28H2,1H3. The molecule has 5 heteroatoms. The summed E-state index contributed by atoms with van der Waals surface area (Å²) in [6.07, 6.45) is 0. The number of fused-ring (bicyclic) bond motifs is 2. The fraction of sp³-hybridized carbons (Fsp3) is 0.0370. The molecule has 0 amide bonds. The molecule has 0 bridgehead atoms. The van der Waals surface area contributed by atoms with Gasteiger partial charge in [-0.15, -0.1) is 0 Å². The monoisotopic (exact) mass is 421 g/mol. The minimum absolute atomic E-state index is 0.212. The molecule has 0 atom stereocenters. The van der Waals surface area contributed by atoms with Gasteiger partial charge in [-0.25, -0.2) is 0 Å². The summed E-state index contributed by atoms with van der Waals surface area (Å²) in [5.41, 5.74) is 13.1. The summed E-state index contributed by atoms with van der Waals surface area (Å²) < 4.78 is 5.34. The number of phenolic OH excluding ortho intramolecular Hbond substituents is 1. The maximum Gasteiger partial charge on any atom is 0.125 e. The Morgan fingerprint density at radius 2 is 1.50 bits per heavy atom. The minimum atomic E-state index is 0.212. The molecule has 158 valence electrons. The highest BCUT2D eigenvalue weighted by Gasteiger charge is 2.17. The van der Waals surface area contributed by atoms with Crippen molar-refractivity contribution in [2.45, 2.75) is 0 Å². The van der Waals surface area contributed by atoms with Crippen molar-refractivity contribution in [2.24, 2.45) is 0 Å². The molecule has 0 aliphatic carbocycles. The number of nitrogens with one attached hydrogen (secondary N) is 1. The van der Waals surface area contributed by atoms with Crippen LogP contribution in [0.3, 0.4) is 0 Å². The topological polar surface area (TPSA) is 70.8 Å². The van der Waals surface area contributed by atoms with Gasteiger partial charge in [-0.3, -0.25) is 10.4 Å². The van der Waals surface area contributed by atoms with Gasteiger partial charge in [-0.2, -0.15) is 0 Å². The van der Waals surface area contributed by atoms with E-state index < -0.39 is 0 Å². The number of benzene rings is 5. The molecule has 0 aliphatic heterocycles. The summed E-state index contributed by atoms with van der Waals surface area (Å²) in [6, 6.07) is 31.2. The van der Waals surface area contributed by atoms with Crippen LogP contribution in [-0.2, 0) is 0 Å². The number of aromatic hydroxyl groups is 1. The van der Waals surface area contributed by atoms with Gasteiger partial charge in [0.05, 0.1) is 29.9 Å². The van der Waals surface area contributed by atoms with Crippen LogP contribution in [0.1, 0.15) is 0 Å². The summed E-state index contributed by atoms with van der Waals surface area (Å²) >= 11 is 0. The Morgan fingerprint density at radius 1 is 0.781 bits per heavy atom. The van der Waals surface area contributed by atoms with Gasteiger partial charge in [0.2, 0.25) is 0 Å². The van der Waals surface area contributed by atoms with Gasteiger partial charge in [-0.1, -0.05) is 54.6 Å². The zero-order valence-corrected chi connectivity index (χ0v) is 17.6. The Kier molecular flexibility index (Phi) is 4.92. The summed E-state index contributed by atoms with van der Waals surface area (Å²) in [5, 5.41) is 16.4. The van der Waals surface area contributed by atoms with Crippen LogP contribution in [0, 0.1) is 0 Å². The molecule has 0 unspecified atom stereocenters. The van der Waals surface area contributed by atoms with Crippen LogP contribution in [0.15, 0.2) is 97.1 Å². The van der Waals surface area contributed by atoms with Gasteiger partial charge in [0.25, 0.3) is 0 Å². The van der Waals surface area contributed by atoms with Crippen molar-refractivity contribution in [1.82, 2.24) is 0 Å². The van der Waals surface area contributed by atoms with Crippen LogP contribution in [0.4, 0.5) is 22.7 Å². The van der Waals surface area contributed by atoms with E-state index in [9.17, 15) is 5.11 Å². The quantitative estimate of drug-likeness (QED) is 0.225. The Labute approximate surface area is 186 Å². The number of nitrogens with two attached hydrogens (primary N) is 1. The number of hydrogen-bond donors (Lipinski definition) is 3. The first-order chi connectivity index (χ1) is 15.7. The number of methoxy groups -OCH3 is 1. The van der Waals surface area contributed by atoms with Gasteiger partial charge < -0.3 is 15.6 Å². The lowest BCUT2D eigenvalue weighted by molar-refractivity contribution is 0.415. The van der Waals surface area contributed by atoms with E-state index >= 15 is 0 Å². The third-order valence-electron chi connectivity index (χ3n) is 5.62. The molecule has 0 spiro atoms. The second-order valence-corrected chi connectivity index (χ2v) is 7.55. The van der Waals surface area contributed by atoms with Gasteiger partial charge in [0, 0.05) is 10.8 Å². The molecule has 5 nitrogen and oxygen atoms in total. The molecule has 5 rings (SSSR count). The maximum absolute atomic E-state index is 10.7. The fourth-order valence-electron chi connectivity index (χ4n) is 4.01. The Bertz CT molecular complexity index is 1410. The van der Waals surface area contributed by atoms with Crippen molar-refractivity contribution >= 4 is 44.3 Å². The normalized spacial score (nSPS) is 10.9. The first-order valence-electron chi connectivity index (χ1n) is 10.3. The molecule has 0 radical (unpaired) electrons. The molecule has 0 aromatic heterocycles. The summed E-state index contributed by atoms with van der Waals surface area (Å²) in [5.74, 6) is 0.975. The molecule has 32 heavy (non-hydrogen) atoms. The van der Waals surface area contributed by atoms with E-state index in [1.165, 1.54) is 0 Å². The number of nitrogens with zero attached hydrogens (tertiary/aromatic N) is 1. The third-order valence-corrected chi connectivity index (χ3v) is 5.62.